The van der Waals surface area contributed by atoms with Gasteiger partial charge in [0.05, 0.1) is 11.4 Å². The number of H-pyrrole nitrogens is 1. The summed E-state index contributed by atoms with van der Waals surface area (Å²) in [4.78, 5) is 21.1. The second-order valence-electron chi connectivity index (χ2n) is 5.65. The van der Waals surface area contributed by atoms with Crippen molar-refractivity contribution >= 4 is 5.65 Å². The van der Waals surface area contributed by atoms with Crippen LogP contribution in [0.1, 0.15) is 24.5 Å². The molecule has 112 valence electrons. The smallest absolute Gasteiger partial charge is 0.272 e. The number of rotatable bonds is 2. The molecule has 1 fully saturated rings. The van der Waals surface area contributed by atoms with Gasteiger partial charge in [-0.15, -0.1) is 0 Å². The van der Waals surface area contributed by atoms with Gasteiger partial charge in [0.25, 0.3) is 5.56 Å². The first-order valence-corrected chi connectivity index (χ1v) is 7.55. The molecule has 0 aliphatic carbocycles. The molecule has 0 aromatic carbocycles. The molecule has 1 aliphatic rings. The van der Waals surface area contributed by atoms with Gasteiger partial charge in [-0.2, -0.15) is 0 Å². The Hall–Kier alpha value is -2.47. The molecule has 4 heterocycles. The third kappa shape index (κ3) is 2.31. The van der Waals surface area contributed by atoms with E-state index >= 15 is 0 Å². The SMILES string of the molecule is O=c1cc(C2CCNCC2)nc2cc(-c3cccnc3)[nH]n12. The van der Waals surface area contributed by atoms with Gasteiger partial charge in [0.2, 0.25) is 0 Å². The molecular weight excluding hydrogens is 278 g/mol. The van der Waals surface area contributed by atoms with Crippen LogP contribution in [0.5, 0.6) is 0 Å². The van der Waals surface area contributed by atoms with Crippen molar-refractivity contribution in [2.75, 3.05) is 13.1 Å². The van der Waals surface area contributed by atoms with Crippen LogP contribution in [-0.4, -0.2) is 32.7 Å². The molecule has 22 heavy (non-hydrogen) atoms. The molecule has 0 amide bonds. The lowest BCUT2D eigenvalue weighted by atomic mass is 9.94. The molecule has 1 aliphatic heterocycles. The quantitative estimate of drug-likeness (QED) is 0.752. The molecule has 6 heteroatoms. The maximum Gasteiger partial charge on any atom is 0.272 e. The average Bonchev–Trinajstić information content (AvgIpc) is 3.01. The Morgan fingerprint density at radius 1 is 1.23 bits per heavy atom. The summed E-state index contributed by atoms with van der Waals surface area (Å²) in [6.07, 6.45) is 5.56. The molecule has 6 nitrogen and oxygen atoms in total. The van der Waals surface area contributed by atoms with Crippen molar-refractivity contribution in [1.29, 1.82) is 0 Å². The number of aromatic nitrogens is 4. The summed E-state index contributed by atoms with van der Waals surface area (Å²) in [5, 5.41) is 6.44. The molecule has 0 unspecified atom stereocenters. The Labute approximate surface area is 127 Å². The second kappa shape index (κ2) is 5.38. The summed E-state index contributed by atoms with van der Waals surface area (Å²) in [6, 6.07) is 7.39. The van der Waals surface area contributed by atoms with Crippen molar-refractivity contribution in [3.8, 4) is 11.3 Å². The zero-order valence-electron chi connectivity index (χ0n) is 12.1. The molecule has 0 atom stereocenters. The fourth-order valence-corrected chi connectivity index (χ4v) is 3.01. The summed E-state index contributed by atoms with van der Waals surface area (Å²) < 4.78 is 1.49. The first-order valence-electron chi connectivity index (χ1n) is 7.55. The molecule has 0 bridgehead atoms. The van der Waals surface area contributed by atoms with Crippen molar-refractivity contribution in [3.05, 3.63) is 52.7 Å². The molecule has 3 aromatic heterocycles. The van der Waals surface area contributed by atoms with Gasteiger partial charge >= 0.3 is 0 Å². The lowest BCUT2D eigenvalue weighted by Gasteiger charge is -2.21. The summed E-state index contributed by atoms with van der Waals surface area (Å²) >= 11 is 0. The van der Waals surface area contributed by atoms with Crippen molar-refractivity contribution in [3.63, 3.8) is 0 Å². The van der Waals surface area contributed by atoms with Crippen molar-refractivity contribution in [1.82, 2.24) is 24.9 Å². The molecule has 0 saturated carbocycles. The maximum absolute atomic E-state index is 12.3. The maximum atomic E-state index is 12.3. The molecule has 2 N–H and O–H groups in total. The normalized spacial score (nSPS) is 16.2. The summed E-state index contributed by atoms with van der Waals surface area (Å²) in [6.45, 7) is 1.97. The Morgan fingerprint density at radius 2 is 2.09 bits per heavy atom. The Morgan fingerprint density at radius 3 is 2.86 bits per heavy atom. The van der Waals surface area contributed by atoms with Crippen LogP contribution in [0.2, 0.25) is 0 Å². The van der Waals surface area contributed by atoms with Crippen LogP contribution in [0.25, 0.3) is 16.9 Å². The summed E-state index contributed by atoms with van der Waals surface area (Å²) in [5.41, 5.74) is 3.30. The van der Waals surface area contributed by atoms with E-state index in [-0.39, 0.29) is 5.56 Å². The van der Waals surface area contributed by atoms with E-state index in [0.717, 1.165) is 42.9 Å². The third-order valence-corrected chi connectivity index (χ3v) is 4.20. The van der Waals surface area contributed by atoms with Crippen LogP contribution in [0.15, 0.2) is 41.5 Å². The monoisotopic (exact) mass is 295 g/mol. The fourth-order valence-electron chi connectivity index (χ4n) is 3.01. The van der Waals surface area contributed by atoms with Crippen LogP contribution in [-0.2, 0) is 0 Å². The van der Waals surface area contributed by atoms with Crippen LogP contribution in [0.4, 0.5) is 0 Å². The predicted octanol–water partition coefficient (Wildman–Crippen LogP) is 1.55. The Kier molecular flexibility index (Phi) is 3.23. The minimum atomic E-state index is -0.0614. The topological polar surface area (TPSA) is 75.1 Å². The molecule has 0 radical (unpaired) electrons. The predicted molar refractivity (Wildman–Crippen MR) is 83.9 cm³/mol. The average molecular weight is 295 g/mol. The van der Waals surface area contributed by atoms with E-state index in [4.69, 9.17) is 0 Å². The third-order valence-electron chi connectivity index (χ3n) is 4.20. The van der Waals surface area contributed by atoms with E-state index in [0.29, 0.717) is 11.6 Å². The van der Waals surface area contributed by atoms with Gasteiger partial charge in [0.1, 0.15) is 0 Å². The highest BCUT2D eigenvalue weighted by Gasteiger charge is 2.18. The number of aromatic amines is 1. The minimum Gasteiger partial charge on any atom is -0.317 e. The second-order valence-corrected chi connectivity index (χ2v) is 5.65. The van der Waals surface area contributed by atoms with Crippen LogP contribution >= 0.6 is 0 Å². The van der Waals surface area contributed by atoms with Crippen molar-refractivity contribution in [2.45, 2.75) is 18.8 Å². The molecule has 0 spiro atoms. The van der Waals surface area contributed by atoms with Gasteiger partial charge in [-0.25, -0.2) is 9.50 Å². The van der Waals surface area contributed by atoms with Crippen molar-refractivity contribution in [2.24, 2.45) is 0 Å². The van der Waals surface area contributed by atoms with E-state index < -0.39 is 0 Å². The highest BCUT2D eigenvalue weighted by molar-refractivity contribution is 5.63. The standard InChI is InChI=1S/C16H17N5O/c22-16-9-13(11-3-6-17-7-4-11)19-15-8-14(20-21(15)16)12-2-1-5-18-10-12/h1-2,5,8-11,17,20H,3-4,6-7H2. The van der Waals surface area contributed by atoms with E-state index in [1.165, 1.54) is 4.52 Å². The van der Waals surface area contributed by atoms with Crippen LogP contribution < -0.4 is 10.9 Å². The van der Waals surface area contributed by atoms with Gasteiger partial charge in [0, 0.05) is 36.0 Å². The van der Waals surface area contributed by atoms with Gasteiger partial charge in [-0.1, -0.05) is 0 Å². The van der Waals surface area contributed by atoms with E-state index in [9.17, 15) is 4.79 Å². The van der Waals surface area contributed by atoms with Crippen LogP contribution in [0.3, 0.4) is 0 Å². The summed E-state index contributed by atoms with van der Waals surface area (Å²) in [5.74, 6) is 0.371. The summed E-state index contributed by atoms with van der Waals surface area (Å²) in [7, 11) is 0. The lowest BCUT2D eigenvalue weighted by Crippen LogP contribution is -2.28. The van der Waals surface area contributed by atoms with Gasteiger partial charge in [0.15, 0.2) is 5.65 Å². The molecule has 4 rings (SSSR count). The zero-order valence-corrected chi connectivity index (χ0v) is 12.1. The lowest BCUT2D eigenvalue weighted by molar-refractivity contribution is 0.453. The number of piperidine rings is 1. The zero-order chi connectivity index (χ0) is 14.9. The number of hydrogen-bond donors (Lipinski definition) is 2. The van der Waals surface area contributed by atoms with Crippen molar-refractivity contribution < 1.29 is 0 Å². The Balaban J connectivity index is 1.79. The minimum absolute atomic E-state index is 0.0614. The number of fused-ring (bicyclic) bond motifs is 1. The van der Waals surface area contributed by atoms with Gasteiger partial charge < -0.3 is 5.32 Å². The fraction of sp³-hybridized carbons (Fsp3) is 0.312. The van der Waals surface area contributed by atoms with E-state index in [1.54, 1.807) is 18.5 Å². The van der Waals surface area contributed by atoms with Crippen LogP contribution in [0, 0.1) is 0 Å². The number of nitrogens with one attached hydrogen (secondary N) is 2. The number of nitrogens with zero attached hydrogens (tertiary/aromatic N) is 3. The molecule has 3 aromatic rings. The highest BCUT2D eigenvalue weighted by atomic mass is 16.1. The number of hydrogen-bond acceptors (Lipinski definition) is 4. The molecular formula is C16H17N5O. The molecule has 1 saturated heterocycles. The largest absolute Gasteiger partial charge is 0.317 e. The first kappa shape index (κ1) is 13.2. The van der Waals surface area contributed by atoms with E-state index in [2.05, 4.69) is 20.4 Å². The number of pyridine rings is 1. The van der Waals surface area contributed by atoms with Gasteiger partial charge in [-0.3, -0.25) is 14.9 Å². The van der Waals surface area contributed by atoms with E-state index in [1.807, 2.05) is 18.2 Å². The highest BCUT2D eigenvalue weighted by Crippen LogP contribution is 2.24. The Bertz CT molecular complexity index is 846. The van der Waals surface area contributed by atoms with Gasteiger partial charge in [-0.05, 0) is 38.1 Å². The first-order chi connectivity index (χ1) is 10.8.